The molecule has 6 heteroatoms. The van der Waals surface area contributed by atoms with Crippen LogP contribution in [0.15, 0.2) is 0 Å². The lowest BCUT2D eigenvalue weighted by Gasteiger charge is -2.31. The maximum Gasteiger partial charge on any atom is 0.326 e. The number of carboxylic acid groups (broad SMARTS) is 1. The van der Waals surface area contributed by atoms with Crippen LogP contribution in [0.5, 0.6) is 0 Å². The molecule has 0 aromatic rings. The summed E-state index contributed by atoms with van der Waals surface area (Å²) < 4.78 is 0. The quantitative estimate of drug-likeness (QED) is 0.799. The van der Waals surface area contributed by atoms with Gasteiger partial charge in [0.1, 0.15) is 6.04 Å². The number of thioether (sulfide) groups is 1. The van der Waals surface area contributed by atoms with Crippen LogP contribution in [-0.4, -0.2) is 53.1 Å². The van der Waals surface area contributed by atoms with Crippen molar-refractivity contribution in [2.75, 3.05) is 25.1 Å². The van der Waals surface area contributed by atoms with E-state index in [1.54, 1.807) is 16.7 Å². The minimum absolute atomic E-state index is 0.240. The van der Waals surface area contributed by atoms with E-state index in [1.165, 1.54) is 0 Å². The van der Waals surface area contributed by atoms with Crippen molar-refractivity contribution in [3.05, 3.63) is 0 Å². The predicted octanol–water partition coefficient (Wildman–Crippen LogP) is 1.63. The summed E-state index contributed by atoms with van der Waals surface area (Å²) in [5, 5.41) is 11.7. The monoisotopic (exact) mass is 274 g/mol. The SMILES string of the molecule is CSCCC(NC(=O)N1CCC(C)CC1)C(=O)O. The second kappa shape index (κ2) is 7.51. The van der Waals surface area contributed by atoms with Gasteiger partial charge in [-0.05, 0) is 37.2 Å². The van der Waals surface area contributed by atoms with E-state index in [-0.39, 0.29) is 6.03 Å². The van der Waals surface area contributed by atoms with Gasteiger partial charge in [-0.1, -0.05) is 6.92 Å². The molecule has 18 heavy (non-hydrogen) atoms. The number of nitrogens with one attached hydrogen (secondary N) is 1. The van der Waals surface area contributed by atoms with Gasteiger partial charge >= 0.3 is 12.0 Å². The predicted molar refractivity (Wildman–Crippen MR) is 72.9 cm³/mol. The van der Waals surface area contributed by atoms with Gasteiger partial charge < -0.3 is 15.3 Å². The topological polar surface area (TPSA) is 69.6 Å². The number of carbonyl (C=O) groups is 2. The lowest BCUT2D eigenvalue weighted by molar-refractivity contribution is -0.139. The Labute approximate surface area is 112 Å². The molecule has 0 bridgehead atoms. The van der Waals surface area contributed by atoms with E-state index in [0.29, 0.717) is 12.3 Å². The Morgan fingerprint density at radius 3 is 2.56 bits per heavy atom. The molecule has 5 nitrogen and oxygen atoms in total. The van der Waals surface area contributed by atoms with Crippen molar-refractivity contribution in [1.82, 2.24) is 10.2 Å². The first-order valence-electron chi connectivity index (χ1n) is 6.31. The number of carbonyl (C=O) groups excluding carboxylic acids is 1. The molecule has 0 radical (unpaired) electrons. The minimum Gasteiger partial charge on any atom is -0.480 e. The number of hydrogen-bond donors (Lipinski definition) is 2. The van der Waals surface area contributed by atoms with Gasteiger partial charge in [0.15, 0.2) is 0 Å². The van der Waals surface area contributed by atoms with E-state index in [1.807, 2.05) is 6.26 Å². The Kier molecular flexibility index (Phi) is 6.32. The highest BCUT2D eigenvalue weighted by atomic mass is 32.2. The maximum atomic E-state index is 11.9. The van der Waals surface area contributed by atoms with E-state index in [2.05, 4.69) is 12.2 Å². The summed E-state index contributed by atoms with van der Waals surface area (Å²) in [6.07, 6.45) is 4.38. The fourth-order valence-corrected chi connectivity index (χ4v) is 2.42. The summed E-state index contributed by atoms with van der Waals surface area (Å²) in [5.74, 6) is 0.428. The number of rotatable bonds is 5. The smallest absolute Gasteiger partial charge is 0.326 e. The number of carboxylic acids is 1. The van der Waals surface area contributed by atoms with Crippen molar-refractivity contribution >= 4 is 23.8 Å². The van der Waals surface area contributed by atoms with Gasteiger partial charge in [-0.25, -0.2) is 9.59 Å². The van der Waals surface area contributed by atoms with Crippen molar-refractivity contribution in [2.24, 2.45) is 5.92 Å². The number of hydrogen-bond acceptors (Lipinski definition) is 3. The average molecular weight is 274 g/mol. The van der Waals surface area contributed by atoms with Crippen LogP contribution in [0, 0.1) is 5.92 Å². The Morgan fingerprint density at radius 2 is 2.06 bits per heavy atom. The molecule has 0 aromatic heterocycles. The second-order valence-corrected chi connectivity index (χ2v) is 5.78. The van der Waals surface area contributed by atoms with Crippen LogP contribution < -0.4 is 5.32 Å². The molecule has 0 spiro atoms. The third-order valence-corrected chi connectivity index (χ3v) is 3.92. The number of nitrogens with zero attached hydrogens (tertiary/aromatic N) is 1. The van der Waals surface area contributed by atoms with E-state index in [4.69, 9.17) is 5.11 Å². The van der Waals surface area contributed by atoms with Crippen LogP contribution in [-0.2, 0) is 4.79 Å². The van der Waals surface area contributed by atoms with Crippen molar-refractivity contribution in [3.63, 3.8) is 0 Å². The summed E-state index contributed by atoms with van der Waals surface area (Å²) in [6, 6.07) is -1.01. The van der Waals surface area contributed by atoms with Crippen molar-refractivity contribution in [2.45, 2.75) is 32.2 Å². The molecule has 1 unspecified atom stereocenters. The summed E-state index contributed by atoms with van der Waals surface area (Å²) in [7, 11) is 0. The Bertz CT molecular complexity index is 291. The zero-order chi connectivity index (χ0) is 13.5. The van der Waals surface area contributed by atoms with Crippen LogP contribution in [0.2, 0.25) is 0 Å². The largest absolute Gasteiger partial charge is 0.480 e. The lowest BCUT2D eigenvalue weighted by Crippen LogP contribution is -2.50. The molecule has 1 atom stereocenters. The normalized spacial score (nSPS) is 18.4. The zero-order valence-electron chi connectivity index (χ0n) is 11.0. The fraction of sp³-hybridized carbons (Fsp3) is 0.833. The number of urea groups is 1. The third-order valence-electron chi connectivity index (χ3n) is 3.28. The maximum absolute atomic E-state index is 11.9. The number of amides is 2. The molecule has 1 aliphatic rings. The van der Waals surface area contributed by atoms with Gasteiger partial charge in [0.25, 0.3) is 0 Å². The zero-order valence-corrected chi connectivity index (χ0v) is 11.8. The number of piperidine rings is 1. The Morgan fingerprint density at radius 1 is 1.44 bits per heavy atom. The highest BCUT2D eigenvalue weighted by Crippen LogP contribution is 2.16. The molecule has 1 aliphatic heterocycles. The van der Waals surface area contributed by atoms with Gasteiger partial charge in [0, 0.05) is 13.1 Å². The first-order chi connectivity index (χ1) is 8.54. The Hall–Kier alpha value is -0.910. The molecule has 1 saturated heterocycles. The van der Waals surface area contributed by atoms with Crippen molar-refractivity contribution in [3.8, 4) is 0 Å². The van der Waals surface area contributed by atoms with Gasteiger partial charge in [-0.2, -0.15) is 11.8 Å². The van der Waals surface area contributed by atoms with E-state index >= 15 is 0 Å². The molecule has 2 amide bonds. The second-order valence-electron chi connectivity index (χ2n) is 4.79. The number of likely N-dealkylation sites (tertiary alicyclic amines) is 1. The fourth-order valence-electron chi connectivity index (χ4n) is 1.95. The van der Waals surface area contributed by atoms with Crippen LogP contribution in [0.25, 0.3) is 0 Å². The highest BCUT2D eigenvalue weighted by Gasteiger charge is 2.25. The summed E-state index contributed by atoms with van der Waals surface area (Å²) in [4.78, 5) is 24.7. The van der Waals surface area contributed by atoms with Gasteiger partial charge in [-0.15, -0.1) is 0 Å². The average Bonchev–Trinajstić information content (AvgIpc) is 2.34. The highest BCUT2D eigenvalue weighted by molar-refractivity contribution is 7.98. The van der Waals surface area contributed by atoms with E-state index < -0.39 is 12.0 Å². The molecule has 104 valence electrons. The van der Waals surface area contributed by atoms with Crippen LogP contribution >= 0.6 is 11.8 Å². The molecule has 1 rings (SSSR count). The van der Waals surface area contributed by atoms with Gasteiger partial charge in [-0.3, -0.25) is 0 Å². The van der Waals surface area contributed by atoms with Crippen molar-refractivity contribution < 1.29 is 14.7 Å². The van der Waals surface area contributed by atoms with Crippen LogP contribution in [0.4, 0.5) is 4.79 Å². The molecule has 1 fully saturated rings. The van der Waals surface area contributed by atoms with E-state index in [0.717, 1.165) is 31.7 Å². The molecule has 1 heterocycles. The van der Waals surface area contributed by atoms with Gasteiger partial charge in [0.05, 0.1) is 0 Å². The molecule has 2 N–H and O–H groups in total. The first kappa shape index (κ1) is 15.1. The molecular weight excluding hydrogens is 252 g/mol. The van der Waals surface area contributed by atoms with Crippen molar-refractivity contribution in [1.29, 1.82) is 0 Å². The molecular formula is C12H22N2O3S. The molecule has 0 aromatic carbocycles. The van der Waals surface area contributed by atoms with E-state index in [9.17, 15) is 9.59 Å². The lowest BCUT2D eigenvalue weighted by atomic mass is 10.00. The summed E-state index contributed by atoms with van der Waals surface area (Å²) in [5.41, 5.74) is 0. The van der Waals surface area contributed by atoms with Gasteiger partial charge in [0.2, 0.25) is 0 Å². The van der Waals surface area contributed by atoms with Crippen LogP contribution in [0.3, 0.4) is 0 Å². The van der Waals surface area contributed by atoms with Crippen LogP contribution in [0.1, 0.15) is 26.2 Å². The standard InChI is InChI=1S/C12H22N2O3S/c1-9-3-6-14(7-4-9)12(17)13-10(11(15)16)5-8-18-2/h9-10H,3-8H2,1-2H3,(H,13,17)(H,15,16). The minimum atomic E-state index is -0.956. The summed E-state index contributed by atoms with van der Waals surface area (Å²) >= 11 is 1.58. The first-order valence-corrected chi connectivity index (χ1v) is 7.71. The Balaban J connectivity index is 2.42. The third kappa shape index (κ3) is 4.76. The molecule has 0 saturated carbocycles. The number of aliphatic carboxylic acids is 1. The summed E-state index contributed by atoms with van der Waals surface area (Å²) in [6.45, 7) is 3.62. The molecule has 0 aliphatic carbocycles.